The van der Waals surface area contributed by atoms with Gasteiger partial charge in [0, 0.05) is 0 Å². The SMILES string of the molecule is CC(C)(C)PP(P(PC(C)(C)C)C(C)(C)C)C(C)(C)C.CCC[CH2][Sn][CH2]CCC. The second-order valence-corrected chi connectivity index (χ2v) is 32.5. The van der Waals surface area contributed by atoms with E-state index in [9.17, 15) is 0 Å². The first-order valence-electron chi connectivity index (χ1n) is 11.7. The minimum atomic E-state index is 0.0993. The summed E-state index contributed by atoms with van der Waals surface area (Å²) < 4.78 is 3.25. The molecule has 0 heterocycles. The quantitative estimate of drug-likeness (QED) is 0.143. The summed E-state index contributed by atoms with van der Waals surface area (Å²) in [6, 6.07) is 0. The van der Waals surface area contributed by atoms with Crippen LogP contribution in [0.2, 0.25) is 8.87 Å². The van der Waals surface area contributed by atoms with E-state index in [-0.39, 0.29) is 35.7 Å². The van der Waals surface area contributed by atoms with Crippen LogP contribution in [0.3, 0.4) is 0 Å². The zero-order valence-electron chi connectivity index (χ0n) is 22.6. The molecule has 0 rings (SSSR count). The van der Waals surface area contributed by atoms with Crippen molar-refractivity contribution in [3.8, 4) is 0 Å². The van der Waals surface area contributed by atoms with Crippen LogP contribution < -0.4 is 0 Å². The van der Waals surface area contributed by atoms with E-state index >= 15 is 0 Å². The van der Waals surface area contributed by atoms with E-state index in [0.29, 0.717) is 20.6 Å². The van der Waals surface area contributed by atoms with Gasteiger partial charge >= 0.3 is 69.5 Å². The maximum absolute atomic E-state index is 2.49. The van der Waals surface area contributed by atoms with Crippen LogP contribution in [0.15, 0.2) is 0 Å². The van der Waals surface area contributed by atoms with Crippen molar-refractivity contribution in [1.29, 1.82) is 0 Å². The molecule has 0 spiro atoms. The van der Waals surface area contributed by atoms with Crippen molar-refractivity contribution in [2.45, 2.75) is 152 Å². The van der Waals surface area contributed by atoms with Crippen molar-refractivity contribution < 1.29 is 0 Å². The topological polar surface area (TPSA) is 0 Å². The molecule has 2 radical (unpaired) electrons. The van der Waals surface area contributed by atoms with Gasteiger partial charge in [0.25, 0.3) is 0 Å². The number of hydrogen-bond donors (Lipinski definition) is 0. The molecule has 0 bridgehead atoms. The Hall–Kier alpha value is 2.52. The molecule has 29 heavy (non-hydrogen) atoms. The van der Waals surface area contributed by atoms with Gasteiger partial charge in [-0.3, -0.25) is 0 Å². The van der Waals surface area contributed by atoms with Gasteiger partial charge in [0.1, 0.15) is 0 Å². The fourth-order valence-corrected chi connectivity index (χ4v) is 35.2. The van der Waals surface area contributed by atoms with Crippen LogP contribution in [0.5, 0.6) is 0 Å². The van der Waals surface area contributed by atoms with Crippen LogP contribution in [0.4, 0.5) is 0 Å². The standard InChI is InChI=1S/C16H38P4.2C4H9.Sn/c1-13(2,3)17-19(15(7,8)9)20(16(10,11)12)18-14(4,5)6;2*1-3-4-2;/h17-18H,1-12H3;2*1,3-4H2,2H3;. The van der Waals surface area contributed by atoms with E-state index in [1.807, 2.05) is 0 Å². The van der Waals surface area contributed by atoms with Crippen LogP contribution in [0.25, 0.3) is 0 Å². The Morgan fingerprint density at radius 1 is 0.552 bits per heavy atom. The second-order valence-electron chi connectivity index (χ2n) is 12.1. The van der Waals surface area contributed by atoms with Crippen molar-refractivity contribution in [3.63, 3.8) is 0 Å². The van der Waals surface area contributed by atoms with Crippen LogP contribution >= 0.6 is 31.1 Å². The van der Waals surface area contributed by atoms with Crippen LogP contribution in [0, 0.1) is 0 Å². The third-order valence-electron chi connectivity index (χ3n) is 3.77. The van der Waals surface area contributed by atoms with Gasteiger partial charge in [0.05, 0.1) is 0 Å². The molecule has 0 aromatic rings. The molecule has 0 aromatic carbocycles. The summed E-state index contributed by atoms with van der Waals surface area (Å²) >= 11 is 0.149. The van der Waals surface area contributed by atoms with Crippen molar-refractivity contribution in [3.05, 3.63) is 0 Å². The molecule has 0 aliphatic rings. The number of rotatable bonds is 9. The predicted octanol–water partition coefficient (Wildman–Crippen LogP) is 11.4. The molecule has 0 saturated heterocycles. The first-order chi connectivity index (χ1) is 12.8. The fourth-order valence-electron chi connectivity index (χ4n) is 2.40. The molecule has 0 aromatic heterocycles. The monoisotopic (exact) mass is 588 g/mol. The van der Waals surface area contributed by atoms with Gasteiger partial charge in [-0.15, -0.1) is 0 Å². The molecule has 0 aliphatic heterocycles. The Labute approximate surface area is 203 Å². The molecular formula is C24H56P4Sn. The third-order valence-corrected chi connectivity index (χ3v) is 33.8. The molecule has 4 atom stereocenters. The van der Waals surface area contributed by atoms with E-state index in [4.69, 9.17) is 0 Å². The van der Waals surface area contributed by atoms with E-state index in [1.165, 1.54) is 25.7 Å². The molecule has 4 unspecified atom stereocenters. The summed E-state index contributed by atoms with van der Waals surface area (Å²) in [5.41, 5.74) is 0. The van der Waals surface area contributed by atoms with E-state index < -0.39 is 0 Å². The Balaban J connectivity index is 0. The molecule has 0 N–H and O–H groups in total. The zero-order chi connectivity index (χ0) is 23.5. The first kappa shape index (κ1) is 33.7. The van der Waals surface area contributed by atoms with Gasteiger partial charge in [-0.25, -0.2) is 0 Å². The number of hydrogen-bond acceptors (Lipinski definition) is 0. The molecule has 0 aliphatic carbocycles. The summed E-state index contributed by atoms with van der Waals surface area (Å²) in [5, 5.41) is 1.93. The average Bonchev–Trinajstić information content (AvgIpc) is 2.47. The predicted molar refractivity (Wildman–Crippen MR) is 155 cm³/mol. The molecule has 0 fully saturated rings. The normalized spacial score (nSPS) is 16.3. The summed E-state index contributed by atoms with van der Waals surface area (Å²) in [6.45, 7) is 34.1. The Morgan fingerprint density at radius 2 is 0.828 bits per heavy atom. The van der Waals surface area contributed by atoms with Gasteiger partial charge in [0.15, 0.2) is 0 Å². The van der Waals surface area contributed by atoms with Crippen LogP contribution in [0.1, 0.15) is 123 Å². The maximum atomic E-state index is 2.49. The van der Waals surface area contributed by atoms with Gasteiger partial charge < -0.3 is 0 Å². The molecule has 0 amide bonds. The molecule has 0 saturated carbocycles. The van der Waals surface area contributed by atoms with Crippen LogP contribution in [-0.2, 0) is 0 Å². The van der Waals surface area contributed by atoms with E-state index in [1.54, 1.807) is 8.87 Å². The molecular weight excluding hydrogens is 531 g/mol. The fraction of sp³-hybridized carbons (Fsp3) is 1.00. The second kappa shape index (κ2) is 15.4. The van der Waals surface area contributed by atoms with Crippen molar-refractivity contribution in [1.82, 2.24) is 0 Å². The van der Waals surface area contributed by atoms with E-state index in [2.05, 4.69) is 96.9 Å². The van der Waals surface area contributed by atoms with Gasteiger partial charge in [-0.05, 0) is 35.2 Å². The minimum absolute atomic E-state index is 0.0993. The molecule has 0 nitrogen and oxygen atoms in total. The summed E-state index contributed by atoms with van der Waals surface area (Å²) in [7, 11) is 2.45. The van der Waals surface area contributed by atoms with Crippen molar-refractivity contribution >= 4 is 52.3 Å². The summed E-state index contributed by atoms with van der Waals surface area (Å²) in [6.07, 6.45) is 5.84. The van der Waals surface area contributed by atoms with Crippen LogP contribution in [-0.4, -0.2) is 41.8 Å². The Morgan fingerprint density at radius 3 is 1.00 bits per heavy atom. The summed E-state index contributed by atoms with van der Waals surface area (Å²) in [5.74, 6) is 0. The van der Waals surface area contributed by atoms with Gasteiger partial charge in [-0.1, -0.05) is 99.6 Å². The van der Waals surface area contributed by atoms with Gasteiger partial charge in [-0.2, -0.15) is 0 Å². The Bertz CT molecular complexity index is 359. The third kappa shape index (κ3) is 20.8. The Kier molecular flexibility index (Phi) is 17.9. The van der Waals surface area contributed by atoms with Crippen molar-refractivity contribution in [2.75, 3.05) is 0 Å². The van der Waals surface area contributed by atoms with Crippen molar-refractivity contribution in [2.24, 2.45) is 0 Å². The average molecular weight is 587 g/mol. The first-order valence-corrected chi connectivity index (χ1v) is 22.8. The number of unbranched alkanes of at least 4 members (excludes halogenated alkanes) is 2. The zero-order valence-corrected chi connectivity index (χ0v) is 29.3. The molecule has 5 heteroatoms. The van der Waals surface area contributed by atoms with E-state index in [0.717, 1.165) is 16.5 Å². The van der Waals surface area contributed by atoms with Gasteiger partial charge in [0.2, 0.25) is 0 Å². The molecule has 176 valence electrons. The summed E-state index contributed by atoms with van der Waals surface area (Å²) in [4.78, 5) is 0.